The molecule has 0 spiro atoms. The Morgan fingerprint density at radius 3 is 2.96 bits per heavy atom. The number of piperidine rings is 1. The molecule has 0 aromatic heterocycles. The molecule has 1 aromatic rings. The first-order valence-corrected chi connectivity index (χ1v) is 7.13. The van der Waals surface area contributed by atoms with Gasteiger partial charge in [-0.15, -0.1) is 0 Å². The second-order valence-electron chi connectivity index (χ2n) is 5.68. The monoisotopic (exact) mass is 352 g/mol. The quantitative estimate of drug-likeness (QED) is 0.905. The van der Waals surface area contributed by atoms with E-state index in [1.54, 1.807) is 0 Å². The molecule has 0 amide bonds. The van der Waals surface area contributed by atoms with Gasteiger partial charge in [0, 0.05) is 39.6 Å². The Hall–Kier alpha value is -1.26. The summed E-state index contributed by atoms with van der Waals surface area (Å²) in [4.78, 5) is 0.286. The molecule has 2 aliphatic heterocycles. The number of aryl methyl sites for hydroxylation is 1. The molecule has 4 nitrogen and oxygen atoms in total. The molecule has 3 rings (SSSR count). The number of fused-ring (bicyclic) bond motifs is 3. The lowest BCUT2D eigenvalue weighted by Gasteiger charge is -2.47. The second-order valence-corrected chi connectivity index (χ2v) is 5.68. The third-order valence-electron chi connectivity index (χ3n) is 3.67. The van der Waals surface area contributed by atoms with Gasteiger partial charge >= 0.3 is 0 Å². The molecule has 1 saturated heterocycles. The molecule has 24 heavy (non-hydrogen) atoms. The summed E-state index contributed by atoms with van der Waals surface area (Å²) in [7, 11) is -2.04. The summed E-state index contributed by atoms with van der Waals surface area (Å²) in [6.07, 6.45) is -14.9. The Morgan fingerprint density at radius 1 is 1.46 bits per heavy atom. The van der Waals surface area contributed by atoms with E-state index in [1.807, 2.05) is 0 Å². The van der Waals surface area contributed by atoms with Gasteiger partial charge in [0.1, 0.15) is 0 Å². The molecule has 3 atom stereocenters. The lowest BCUT2D eigenvalue weighted by atomic mass is 9.75. The Morgan fingerprint density at radius 2 is 2.25 bits per heavy atom. The van der Waals surface area contributed by atoms with Crippen LogP contribution in [-0.4, -0.2) is 43.3 Å². The molecular formula is C20H31NO3. The van der Waals surface area contributed by atoms with E-state index < -0.39 is 99.0 Å². The zero-order chi connectivity index (χ0) is 34.0. The number of hydrogen-bond acceptors (Lipinski definition) is 4. The molecule has 0 aliphatic carbocycles. The van der Waals surface area contributed by atoms with Crippen molar-refractivity contribution >= 4 is 0 Å². The molecule has 134 valence electrons. The van der Waals surface area contributed by atoms with E-state index in [4.69, 9.17) is 35.5 Å². The summed E-state index contributed by atoms with van der Waals surface area (Å²) < 4.78 is 167. The molecule has 4 heteroatoms. The van der Waals surface area contributed by atoms with Crippen LogP contribution in [0.3, 0.4) is 0 Å². The maximum atomic E-state index is 11.5. The molecule has 1 aromatic carbocycles. The fourth-order valence-corrected chi connectivity index (χ4v) is 2.66. The lowest BCUT2D eigenvalue weighted by molar-refractivity contribution is -0.0259. The summed E-state index contributed by atoms with van der Waals surface area (Å²) in [5, 5.41) is 11.5. The number of aliphatic hydroxyl groups is 1. The third kappa shape index (κ3) is 3.40. The van der Waals surface area contributed by atoms with Crippen molar-refractivity contribution in [2.75, 3.05) is 27.2 Å². The van der Waals surface area contributed by atoms with Crippen LogP contribution in [0, 0.1) is 11.3 Å². The average Bonchev–Trinajstić information content (AvgIpc) is 2.78. The molecule has 1 fully saturated rings. The summed E-state index contributed by atoms with van der Waals surface area (Å²) in [6, 6.07) is -0.582. The van der Waals surface area contributed by atoms with E-state index in [1.165, 1.54) is 0 Å². The van der Waals surface area contributed by atoms with Crippen LogP contribution < -0.4 is 9.47 Å². The Labute approximate surface area is 172 Å². The number of rotatable bonds is 3. The maximum Gasteiger partial charge on any atom is 0.161 e. The van der Waals surface area contributed by atoms with Crippen LogP contribution in [0.15, 0.2) is 12.1 Å². The minimum absolute atomic E-state index is 0.286. The fourth-order valence-electron chi connectivity index (χ4n) is 2.66. The highest BCUT2D eigenvalue weighted by Crippen LogP contribution is 2.44. The molecule has 0 radical (unpaired) electrons. The highest BCUT2D eigenvalue weighted by atomic mass is 16.5. The molecule has 1 N–H and O–H groups in total. The van der Waals surface area contributed by atoms with E-state index in [0.29, 0.717) is 6.92 Å². The van der Waals surface area contributed by atoms with Crippen LogP contribution >= 0.6 is 0 Å². The van der Waals surface area contributed by atoms with Crippen LogP contribution in [0.4, 0.5) is 0 Å². The van der Waals surface area contributed by atoms with Gasteiger partial charge in [-0.2, -0.15) is 0 Å². The molecule has 2 heterocycles. The van der Waals surface area contributed by atoms with Crippen molar-refractivity contribution < 1.29 is 40.6 Å². The Balaban J connectivity index is 2.45. The standard InChI is InChI=1S/C20H31NO3/c1-20(2,3)11-14-12-21-7-6-13-8-18(23-4)19(24-5)9-15(13)16(21)10-17(14)22/h8-9,14,16-17,22H,6-7,10-12H2,1-5H3/i1D3,2D3,5D3,6D2,7D2,10D2,11D2,14D,17D. The van der Waals surface area contributed by atoms with Crippen molar-refractivity contribution in [1.82, 2.24) is 4.90 Å². The summed E-state index contributed by atoms with van der Waals surface area (Å²) >= 11 is 0. The van der Waals surface area contributed by atoms with Crippen LogP contribution in [0.1, 0.15) is 76.6 Å². The number of ether oxygens (including phenoxy) is 2. The number of hydrogen-bond donors (Lipinski definition) is 1. The van der Waals surface area contributed by atoms with Crippen molar-refractivity contribution in [3.05, 3.63) is 23.3 Å². The van der Waals surface area contributed by atoms with Crippen molar-refractivity contribution in [1.29, 1.82) is 0 Å². The largest absolute Gasteiger partial charge is 0.493 e. The van der Waals surface area contributed by atoms with Gasteiger partial charge in [0.25, 0.3) is 0 Å². The molecule has 3 unspecified atom stereocenters. The lowest BCUT2D eigenvalue weighted by Crippen LogP contribution is -2.48. The normalized spacial score (nSPS) is 53.6. The van der Waals surface area contributed by atoms with Crippen LogP contribution in [0.5, 0.6) is 11.5 Å². The zero-order valence-electron chi connectivity index (χ0n) is 32.2. The van der Waals surface area contributed by atoms with Gasteiger partial charge in [-0.25, -0.2) is 0 Å². The van der Waals surface area contributed by atoms with Crippen molar-refractivity contribution in [2.24, 2.45) is 11.3 Å². The average molecular weight is 353 g/mol. The van der Waals surface area contributed by atoms with Crippen molar-refractivity contribution in [2.45, 2.75) is 51.9 Å². The number of benzene rings is 1. The predicted octanol–water partition coefficient (Wildman–Crippen LogP) is 3.42. The van der Waals surface area contributed by atoms with Gasteiger partial charge in [0.15, 0.2) is 11.5 Å². The molecular weight excluding hydrogens is 302 g/mol. The fraction of sp³-hybridized carbons (Fsp3) is 0.700. The minimum atomic E-state index is -4.04. The van der Waals surface area contributed by atoms with Crippen LogP contribution in [0.2, 0.25) is 0 Å². The zero-order valence-corrected chi connectivity index (χ0v) is 13.2. The van der Waals surface area contributed by atoms with Crippen molar-refractivity contribution in [3.63, 3.8) is 0 Å². The van der Waals surface area contributed by atoms with E-state index >= 15 is 0 Å². The topological polar surface area (TPSA) is 41.9 Å². The Kier molecular flexibility index (Phi) is 1.54. The molecule has 0 saturated carbocycles. The van der Waals surface area contributed by atoms with Gasteiger partial charge in [0.2, 0.25) is 0 Å². The minimum Gasteiger partial charge on any atom is -0.493 e. The summed E-state index contributed by atoms with van der Waals surface area (Å²) in [6.45, 7) is -12.0. The second kappa shape index (κ2) is 6.57. The van der Waals surface area contributed by atoms with Gasteiger partial charge in [0.05, 0.1) is 25.7 Å². The summed E-state index contributed by atoms with van der Waals surface area (Å²) in [5.74, 6) is -4.78. The van der Waals surface area contributed by atoms with Gasteiger partial charge in [-0.05, 0) is 53.7 Å². The first-order chi connectivity index (χ1) is 18.7. The maximum absolute atomic E-state index is 11.5. The first-order valence-electron chi connectivity index (χ1n) is 16.6. The highest BCUT2D eigenvalue weighted by Gasteiger charge is 2.39. The van der Waals surface area contributed by atoms with Crippen LogP contribution in [0.25, 0.3) is 0 Å². The van der Waals surface area contributed by atoms with Gasteiger partial charge in [-0.1, -0.05) is 20.6 Å². The van der Waals surface area contributed by atoms with Gasteiger partial charge in [-0.3, -0.25) is 4.90 Å². The number of methoxy groups -OCH3 is 2. The molecule has 2 aliphatic rings. The Bertz CT molecular complexity index is 1250. The van der Waals surface area contributed by atoms with E-state index in [9.17, 15) is 5.11 Å². The van der Waals surface area contributed by atoms with E-state index in [0.717, 1.165) is 19.2 Å². The smallest absolute Gasteiger partial charge is 0.161 e. The first kappa shape index (κ1) is 5.62. The highest BCUT2D eigenvalue weighted by molar-refractivity contribution is 5.49. The SMILES string of the molecule is [2H]C([2H])([2H])Oc1cc2c(cc1OC)C([2H])([2H])C([2H])([2H])N1CC([2H])(C([2H])([2H])C(C)(C([2H])([2H])[2H])C([2H])([2H])[2H])C([2H])(O)C([2H])([2H])C21. The van der Waals surface area contributed by atoms with Crippen LogP contribution in [-0.2, 0) is 6.37 Å². The summed E-state index contributed by atoms with van der Waals surface area (Å²) in [5.41, 5.74) is -4.70. The van der Waals surface area contributed by atoms with Crippen molar-refractivity contribution in [3.8, 4) is 11.5 Å². The van der Waals surface area contributed by atoms with E-state index in [-0.39, 0.29) is 4.90 Å². The third-order valence-corrected chi connectivity index (χ3v) is 3.67. The number of nitrogens with zero attached hydrogens (tertiary/aromatic N) is 1. The van der Waals surface area contributed by atoms with E-state index in [2.05, 4.69) is 0 Å². The van der Waals surface area contributed by atoms with Gasteiger partial charge < -0.3 is 14.6 Å². The predicted molar refractivity (Wildman–Crippen MR) is 95.7 cm³/mol. The molecule has 0 bridgehead atoms.